The number of anilines is 1. The van der Waals surface area contributed by atoms with Gasteiger partial charge in [0.2, 0.25) is 0 Å². The lowest BCUT2D eigenvalue weighted by Crippen LogP contribution is -1.97. The molecule has 0 bridgehead atoms. The van der Waals surface area contributed by atoms with Crippen LogP contribution in [-0.2, 0) is 6.42 Å². The number of nitrogen functional groups attached to an aromatic ring is 1. The monoisotopic (exact) mass is 200 g/mol. The Bertz CT molecular complexity index is 463. The molecule has 0 aliphatic rings. The quantitative estimate of drug-likeness (QED) is 0.826. The van der Waals surface area contributed by atoms with E-state index in [-0.39, 0.29) is 0 Å². The molecule has 0 unspecified atom stereocenters. The first kappa shape index (κ1) is 9.97. The maximum absolute atomic E-state index is 5.92. The normalized spacial score (nSPS) is 10.7. The van der Waals surface area contributed by atoms with E-state index in [1.54, 1.807) is 0 Å². The lowest BCUT2D eigenvalue weighted by atomic mass is 10.1. The number of unbranched alkanes of at least 4 members (excludes halogenated alkanes) is 1. The number of nitrogens with zero attached hydrogens (tertiary/aromatic N) is 1. The van der Waals surface area contributed by atoms with E-state index in [4.69, 9.17) is 5.73 Å². The van der Waals surface area contributed by atoms with Crippen LogP contribution >= 0.6 is 0 Å². The summed E-state index contributed by atoms with van der Waals surface area (Å²) >= 11 is 0. The minimum atomic E-state index is 0.652. The number of hydrogen-bond donors (Lipinski definition) is 1. The summed E-state index contributed by atoms with van der Waals surface area (Å²) in [5, 5.41) is 2.24. The molecular weight excluding hydrogens is 184 g/mol. The van der Waals surface area contributed by atoms with Gasteiger partial charge in [-0.05, 0) is 24.3 Å². The molecule has 1 heterocycles. The van der Waals surface area contributed by atoms with Crippen molar-refractivity contribution >= 4 is 16.6 Å². The highest BCUT2D eigenvalue weighted by atomic mass is 14.8. The van der Waals surface area contributed by atoms with E-state index in [9.17, 15) is 0 Å². The number of aromatic nitrogens is 1. The number of nitrogens with two attached hydrogens (primary N) is 1. The number of hydrogen-bond acceptors (Lipinski definition) is 2. The Hall–Kier alpha value is -1.57. The van der Waals surface area contributed by atoms with Crippen molar-refractivity contribution in [1.82, 2.24) is 4.98 Å². The molecule has 0 aliphatic carbocycles. The first-order chi connectivity index (χ1) is 7.31. The summed E-state index contributed by atoms with van der Waals surface area (Å²) in [5.74, 6) is 0.652. The van der Waals surface area contributed by atoms with Crippen molar-refractivity contribution in [1.29, 1.82) is 0 Å². The van der Waals surface area contributed by atoms with Crippen LogP contribution in [0.1, 0.15) is 25.5 Å². The third kappa shape index (κ3) is 2.09. The van der Waals surface area contributed by atoms with Crippen LogP contribution in [0.4, 0.5) is 5.82 Å². The van der Waals surface area contributed by atoms with Gasteiger partial charge in [-0.2, -0.15) is 0 Å². The molecular formula is C13H16N2. The second-order valence-corrected chi connectivity index (χ2v) is 3.82. The van der Waals surface area contributed by atoms with E-state index in [0.717, 1.165) is 17.5 Å². The van der Waals surface area contributed by atoms with Crippen LogP contribution in [0.2, 0.25) is 0 Å². The third-order valence-corrected chi connectivity index (χ3v) is 2.61. The molecule has 0 amide bonds. The fraction of sp³-hybridized carbons (Fsp3) is 0.308. The standard InChI is InChI=1S/C13H16N2/c1-2-3-7-11-9-10-6-4-5-8-12(10)13(14)15-11/h4-6,8-9H,2-3,7H2,1H3,(H2,14,15). The van der Waals surface area contributed by atoms with Gasteiger partial charge in [0.1, 0.15) is 5.82 Å². The molecule has 0 saturated heterocycles. The predicted molar refractivity (Wildman–Crippen MR) is 64.8 cm³/mol. The molecule has 0 atom stereocenters. The molecule has 0 aliphatic heterocycles. The summed E-state index contributed by atoms with van der Waals surface area (Å²) < 4.78 is 0. The van der Waals surface area contributed by atoms with Gasteiger partial charge in [-0.25, -0.2) is 4.98 Å². The Labute approximate surface area is 90.1 Å². The summed E-state index contributed by atoms with van der Waals surface area (Å²) in [4.78, 5) is 4.42. The second-order valence-electron chi connectivity index (χ2n) is 3.82. The molecule has 2 heteroatoms. The molecule has 78 valence electrons. The van der Waals surface area contributed by atoms with Crippen molar-refractivity contribution in [2.75, 3.05) is 5.73 Å². The summed E-state index contributed by atoms with van der Waals surface area (Å²) in [6.45, 7) is 2.18. The zero-order chi connectivity index (χ0) is 10.7. The van der Waals surface area contributed by atoms with Crippen LogP contribution in [0, 0.1) is 0 Å². The molecule has 2 N–H and O–H groups in total. The van der Waals surface area contributed by atoms with Crippen molar-refractivity contribution in [2.45, 2.75) is 26.2 Å². The van der Waals surface area contributed by atoms with Crippen LogP contribution in [-0.4, -0.2) is 4.98 Å². The van der Waals surface area contributed by atoms with Gasteiger partial charge in [-0.3, -0.25) is 0 Å². The van der Waals surface area contributed by atoms with Crippen molar-refractivity contribution in [3.8, 4) is 0 Å². The summed E-state index contributed by atoms with van der Waals surface area (Å²) in [5.41, 5.74) is 7.02. The largest absolute Gasteiger partial charge is 0.383 e. The second kappa shape index (κ2) is 4.30. The SMILES string of the molecule is CCCCc1cc2ccccc2c(N)n1. The van der Waals surface area contributed by atoms with Crippen LogP contribution in [0.25, 0.3) is 10.8 Å². The molecule has 2 nitrogen and oxygen atoms in total. The summed E-state index contributed by atoms with van der Waals surface area (Å²) in [7, 11) is 0. The van der Waals surface area contributed by atoms with Gasteiger partial charge >= 0.3 is 0 Å². The fourth-order valence-corrected chi connectivity index (χ4v) is 1.77. The lowest BCUT2D eigenvalue weighted by Gasteiger charge is -2.05. The van der Waals surface area contributed by atoms with E-state index in [2.05, 4.69) is 24.0 Å². The lowest BCUT2D eigenvalue weighted by molar-refractivity contribution is 0.779. The van der Waals surface area contributed by atoms with Crippen molar-refractivity contribution in [3.63, 3.8) is 0 Å². The van der Waals surface area contributed by atoms with Crippen molar-refractivity contribution < 1.29 is 0 Å². The van der Waals surface area contributed by atoms with E-state index in [1.807, 2.05) is 18.2 Å². The average molecular weight is 200 g/mol. The highest BCUT2D eigenvalue weighted by Crippen LogP contribution is 2.20. The summed E-state index contributed by atoms with van der Waals surface area (Å²) in [6.07, 6.45) is 3.38. The molecule has 15 heavy (non-hydrogen) atoms. The Morgan fingerprint density at radius 3 is 2.87 bits per heavy atom. The molecule has 0 fully saturated rings. The van der Waals surface area contributed by atoms with E-state index >= 15 is 0 Å². The van der Waals surface area contributed by atoms with Crippen molar-refractivity contribution in [2.24, 2.45) is 0 Å². The van der Waals surface area contributed by atoms with Gasteiger partial charge in [0.15, 0.2) is 0 Å². The van der Waals surface area contributed by atoms with Gasteiger partial charge in [0, 0.05) is 11.1 Å². The summed E-state index contributed by atoms with van der Waals surface area (Å²) in [6, 6.07) is 10.3. The molecule has 2 aromatic rings. The predicted octanol–water partition coefficient (Wildman–Crippen LogP) is 3.16. The topological polar surface area (TPSA) is 38.9 Å². The van der Waals surface area contributed by atoms with Gasteiger partial charge in [-0.15, -0.1) is 0 Å². The minimum absolute atomic E-state index is 0.652. The highest BCUT2D eigenvalue weighted by molar-refractivity contribution is 5.91. The Morgan fingerprint density at radius 2 is 2.07 bits per heavy atom. The Morgan fingerprint density at radius 1 is 1.27 bits per heavy atom. The Balaban J connectivity index is 2.43. The van der Waals surface area contributed by atoms with Gasteiger partial charge < -0.3 is 5.73 Å². The maximum Gasteiger partial charge on any atom is 0.131 e. The molecule has 0 saturated carbocycles. The molecule has 0 radical (unpaired) electrons. The van der Waals surface area contributed by atoms with E-state index in [0.29, 0.717) is 5.82 Å². The zero-order valence-corrected chi connectivity index (χ0v) is 9.03. The fourth-order valence-electron chi connectivity index (χ4n) is 1.77. The number of fused-ring (bicyclic) bond motifs is 1. The molecule has 2 rings (SSSR count). The first-order valence-corrected chi connectivity index (χ1v) is 5.45. The first-order valence-electron chi connectivity index (χ1n) is 5.45. The van der Waals surface area contributed by atoms with E-state index in [1.165, 1.54) is 18.2 Å². The third-order valence-electron chi connectivity index (χ3n) is 2.61. The van der Waals surface area contributed by atoms with Crippen LogP contribution in [0.15, 0.2) is 30.3 Å². The molecule has 0 spiro atoms. The Kier molecular flexibility index (Phi) is 2.86. The maximum atomic E-state index is 5.92. The van der Waals surface area contributed by atoms with Gasteiger partial charge in [0.25, 0.3) is 0 Å². The number of pyridine rings is 1. The number of rotatable bonds is 3. The average Bonchev–Trinajstić information content (AvgIpc) is 2.26. The number of benzene rings is 1. The van der Waals surface area contributed by atoms with Crippen LogP contribution in [0.3, 0.4) is 0 Å². The van der Waals surface area contributed by atoms with E-state index < -0.39 is 0 Å². The molecule has 1 aromatic carbocycles. The van der Waals surface area contributed by atoms with Crippen LogP contribution in [0.5, 0.6) is 0 Å². The van der Waals surface area contributed by atoms with Gasteiger partial charge in [0.05, 0.1) is 0 Å². The zero-order valence-electron chi connectivity index (χ0n) is 9.03. The highest BCUT2D eigenvalue weighted by Gasteiger charge is 2.01. The van der Waals surface area contributed by atoms with Crippen LogP contribution < -0.4 is 5.73 Å². The molecule has 1 aromatic heterocycles. The minimum Gasteiger partial charge on any atom is -0.383 e. The number of aryl methyl sites for hydroxylation is 1. The van der Waals surface area contributed by atoms with Crippen molar-refractivity contribution in [3.05, 3.63) is 36.0 Å². The van der Waals surface area contributed by atoms with Gasteiger partial charge in [-0.1, -0.05) is 37.6 Å². The smallest absolute Gasteiger partial charge is 0.131 e.